The van der Waals surface area contributed by atoms with Gasteiger partial charge in [0.05, 0.1) is 17.4 Å². The highest BCUT2D eigenvalue weighted by molar-refractivity contribution is 6.30. The van der Waals surface area contributed by atoms with Crippen LogP contribution in [0.25, 0.3) is 0 Å². The molecule has 2 aromatic rings. The van der Waals surface area contributed by atoms with Crippen molar-refractivity contribution in [3.8, 4) is 0 Å². The van der Waals surface area contributed by atoms with E-state index in [1.807, 2.05) is 6.92 Å². The van der Waals surface area contributed by atoms with E-state index in [4.69, 9.17) is 11.6 Å². The van der Waals surface area contributed by atoms with Crippen LogP contribution in [-0.2, 0) is 7.05 Å². The maximum Gasteiger partial charge on any atom is 0.255 e. The lowest BCUT2D eigenvalue weighted by Crippen LogP contribution is -2.29. The van der Waals surface area contributed by atoms with Crippen LogP contribution in [0, 0.1) is 13.8 Å². The number of amides is 1. The van der Waals surface area contributed by atoms with Gasteiger partial charge in [0.2, 0.25) is 0 Å². The summed E-state index contributed by atoms with van der Waals surface area (Å²) in [6.45, 7) is 3.76. The normalized spacial score (nSPS) is 12.2. The molecule has 0 spiro atoms. The van der Waals surface area contributed by atoms with Crippen LogP contribution in [0.3, 0.4) is 0 Å². The number of rotatable bonds is 4. The lowest BCUT2D eigenvalue weighted by molar-refractivity contribution is 0.0915. The number of carbonyl (C=O) groups excluding carboxylic acids is 1. The molecule has 0 saturated heterocycles. The summed E-state index contributed by atoms with van der Waals surface area (Å²) in [5, 5.41) is 17.6. The van der Waals surface area contributed by atoms with Crippen LogP contribution in [0.5, 0.6) is 0 Å². The van der Waals surface area contributed by atoms with Gasteiger partial charge in [0.1, 0.15) is 0 Å². The molecule has 0 aliphatic rings. The standard InChI is InChI=1S/C15H18ClN3O2/c1-9-14(10(2)19(3)18-9)15(21)17-8-13(20)11-4-6-12(16)7-5-11/h4-7,13,20H,8H2,1-3H3,(H,17,21). The molecular formula is C15H18ClN3O2. The predicted molar refractivity (Wildman–Crippen MR) is 81.4 cm³/mol. The van der Waals surface area contributed by atoms with Crippen LogP contribution >= 0.6 is 11.6 Å². The molecule has 21 heavy (non-hydrogen) atoms. The summed E-state index contributed by atoms with van der Waals surface area (Å²) >= 11 is 5.80. The Kier molecular flexibility index (Phi) is 4.65. The van der Waals surface area contributed by atoms with E-state index in [0.717, 1.165) is 5.69 Å². The molecule has 0 saturated carbocycles. The molecule has 1 aromatic carbocycles. The molecule has 0 bridgehead atoms. The van der Waals surface area contributed by atoms with Crippen LogP contribution in [0.15, 0.2) is 24.3 Å². The highest BCUT2D eigenvalue weighted by Gasteiger charge is 2.18. The number of carbonyl (C=O) groups is 1. The predicted octanol–water partition coefficient (Wildman–Crippen LogP) is 2.15. The van der Waals surface area contributed by atoms with E-state index in [-0.39, 0.29) is 12.5 Å². The zero-order valence-corrected chi connectivity index (χ0v) is 13.0. The first-order valence-corrected chi connectivity index (χ1v) is 7.00. The monoisotopic (exact) mass is 307 g/mol. The first-order valence-electron chi connectivity index (χ1n) is 6.62. The van der Waals surface area contributed by atoms with Crippen molar-refractivity contribution >= 4 is 17.5 Å². The number of hydrogen-bond donors (Lipinski definition) is 2. The molecule has 0 radical (unpaired) electrons. The van der Waals surface area contributed by atoms with Gasteiger partial charge in [0.25, 0.3) is 5.91 Å². The van der Waals surface area contributed by atoms with Crippen LogP contribution in [0.2, 0.25) is 5.02 Å². The second kappa shape index (κ2) is 6.28. The largest absolute Gasteiger partial charge is 0.387 e. The third kappa shape index (κ3) is 3.43. The maximum absolute atomic E-state index is 12.2. The van der Waals surface area contributed by atoms with Crippen molar-refractivity contribution < 1.29 is 9.90 Å². The fraction of sp³-hybridized carbons (Fsp3) is 0.333. The number of benzene rings is 1. The number of hydrogen-bond acceptors (Lipinski definition) is 3. The van der Waals surface area contributed by atoms with Crippen LogP contribution in [-0.4, -0.2) is 27.3 Å². The fourth-order valence-corrected chi connectivity index (χ4v) is 2.31. The van der Waals surface area contributed by atoms with Crippen molar-refractivity contribution in [1.29, 1.82) is 0 Å². The van der Waals surface area contributed by atoms with E-state index >= 15 is 0 Å². The first-order chi connectivity index (χ1) is 9.90. The minimum absolute atomic E-state index is 0.133. The topological polar surface area (TPSA) is 67.2 Å². The molecule has 1 aromatic heterocycles. The van der Waals surface area contributed by atoms with E-state index in [9.17, 15) is 9.90 Å². The molecule has 0 aliphatic heterocycles. The number of aliphatic hydroxyl groups is 1. The molecule has 1 atom stereocenters. The Bertz CT molecular complexity index is 650. The second-order valence-corrected chi connectivity index (χ2v) is 5.38. The third-order valence-corrected chi connectivity index (χ3v) is 3.70. The summed E-state index contributed by atoms with van der Waals surface area (Å²) < 4.78 is 1.67. The van der Waals surface area contributed by atoms with E-state index < -0.39 is 6.10 Å². The molecule has 5 nitrogen and oxygen atoms in total. The quantitative estimate of drug-likeness (QED) is 0.909. The Morgan fingerprint density at radius 3 is 2.52 bits per heavy atom. The van der Waals surface area contributed by atoms with E-state index in [0.29, 0.717) is 21.8 Å². The third-order valence-electron chi connectivity index (χ3n) is 3.45. The Labute approximate surface area is 128 Å². The molecule has 112 valence electrons. The van der Waals surface area contributed by atoms with Crippen molar-refractivity contribution in [2.24, 2.45) is 7.05 Å². The van der Waals surface area contributed by atoms with Gasteiger partial charge in [0, 0.05) is 24.3 Å². The minimum atomic E-state index is -0.775. The van der Waals surface area contributed by atoms with Crippen molar-refractivity contribution in [1.82, 2.24) is 15.1 Å². The van der Waals surface area contributed by atoms with E-state index in [1.165, 1.54) is 0 Å². The van der Waals surface area contributed by atoms with Gasteiger partial charge < -0.3 is 10.4 Å². The summed E-state index contributed by atoms with van der Waals surface area (Å²) in [6, 6.07) is 6.88. The molecule has 2 rings (SSSR count). The van der Waals surface area contributed by atoms with Gasteiger partial charge in [-0.1, -0.05) is 23.7 Å². The summed E-state index contributed by atoms with van der Waals surface area (Å²) in [6.07, 6.45) is -0.775. The Morgan fingerprint density at radius 2 is 2.00 bits per heavy atom. The highest BCUT2D eigenvalue weighted by atomic mass is 35.5. The van der Waals surface area contributed by atoms with Gasteiger partial charge in [-0.05, 0) is 31.5 Å². The Morgan fingerprint density at radius 1 is 1.38 bits per heavy atom. The highest BCUT2D eigenvalue weighted by Crippen LogP contribution is 2.16. The van der Waals surface area contributed by atoms with Crippen molar-refractivity contribution in [2.45, 2.75) is 20.0 Å². The zero-order valence-electron chi connectivity index (χ0n) is 12.2. The van der Waals surface area contributed by atoms with Crippen LogP contribution < -0.4 is 5.32 Å². The molecule has 1 amide bonds. The van der Waals surface area contributed by atoms with E-state index in [2.05, 4.69) is 10.4 Å². The fourth-order valence-electron chi connectivity index (χ4n) is 2.18. The second-order valence-electron chi connectivity index (χ2n) is 4.95. The van der Waals surface area contributed by atoms with Gasteiger partial charge in [-0.3, -0.25) is 9.48 Å². The summed E-state index contributed by atoms with van der Waals surface area (Å²) in [5.74, 6) is -0.230. The Balaban J connectivity index is 2.02. The van der Waals surface area contributed by atoms with Gasteiger partial charge in [-0.15, -0.1) is 0 Å². The molecule has 0 fully saturated rings. The van der Waals surface area contributed by atoms with Crippen LogP contribution in [0.4, 0.5) is 0 Å². The number of aryl methyl sites for hydroxylation is 2. The number of aromatic nitrogens is 2. The molecule has 1 heterocycles. The minimum Gasteiger partial charge on any atom is -0.387 e. The summed E-state index contributed by atoms with van der Waals surface area (Å²) in [7, 11) is 1.79. The molecule has 2 N–H and O–H groups in total. The van der Waals surface area contributed by atoms with Crippen LogP contribution in [0.1, 0.15) is 33.4 Å². The number of nitrogens with one attached hydrogen (secondary N) is 1. The maximum atomic E-state index is 12.2. The lowest BCUT2D eigenvalue weighted by atomic mass is 10.1. The van der Waals surface area contributed by atoms with Gasteiger partial charge in [-0.25, -0.2) is 0 Å². The molecule has 6 heteroatoms. The van der Waals surface area contributed by atoms with Gasteiger partial charge in [0.15, 0.2) is 0 Å². The van der Waals surface area contributed by atoms with Gasteiger partial charge in [-0.2, -0.15) is 5.10 Å². The summed E-state index contributed by atoms with van der Waals surface area (Å²) in [4.78, 5) is 12.2. The zero-order chi connectivity index (χ0) is 15.6. The average molecular weight is 308 g/mol. The molecule has 0 aliphatic carbocycles. The van der Waals surface area contributed by atoms with E-state index in [1.54, 1.807) is 42.9 Å². The van der Waals surface area contributed by atoms with Crippen molar-refractivity contribution in [2.75, 3.05) is 6.54 Å². The first kappa shape index (κ1) is 15.5. The lowest BCUT2D eigenvalue weighted by Gasteiger charge is -2.12. The van der Waals surface area contributed by atoms with Crippen molar-refractivity contribution in [3.05, 3.63) is 51.8 Å². The smallest absolute Gasteiger partial charge is 0.255 e. The van der Waals surface area contributed by atoms with Gasteiger partial charge >= 0.3 is 0 Å². The number of halogens is 1. The Hall–Kier alpha value is -1.85. The number of aliphatic hydroxyl groups excluding tert-OH is 1. The molecular weight excluding hydrogens is 290 g/mol. The summed E-state index contributed by atoms with van der Waals surface area (Å²) in [5.41, 5.74) is 2.74. The number of nitrogens with zero attached hydrogens (tertiary/aromatic N) is 2. The average Bonchev–Trinajstić information content (AvgIpc) is 2.70. The molecule has 1 unspecified atom stereocenters. The van der Waals surface area contributed by atoms with Crippen molar-refractivity contribution in [3.63, 3.8) is 0 Å². The SMILES string of the molecule is Cc1nn(C)c(C)c1C(=O)NCC(O)c1ccc(Cl)cc1.